The molecule has 0 saturated heterocycles. The van der Waals surface area contributed by atoms with Crippen LogP contribution in [0, 0.1) is 0 Å². The molecule has 0 saturated carbocycles. The van der Waals surface area contributed by atoms with E-state index in [1.807, 2.05) is 79.1 Å². The van der Waals surface area contributed by atoms with Crippen LogP contribution in [0.1, 0.15) is 62.5 Å². The monoisotopic (exact) mass is 546 g/mol. The number of aliphatic imine (C=N–C) groups is 1. The summed E-state index contributed by atoms with van der Waals surface area (Å²) in [4.78, 5) is 41.9. The number of carbonyl (C=O) groups is 3. The average Bonchev–Trinajstić information content (AvgIpc) is 3.26. The SMILES string of the molecule is CC(C)n1c(C(=O)NCCCC(=O)O)c(NC(=O)CCCCN=C(N)N)c(-c2ccccc2)c1-c1ccccc1. The number of anilines is 1. The number of carbonyl (C=O) groups excluding carboxylic acids is 2. The molecule has 212 valence electrons. The van der Waals surface area contributed by atoms with E-state index in [0.29, 0.717) is 30.8 Å². The molecule has 3 aromatic rings. The first-order valence-corrected chi connectivity index (χ1v) is 13.4. The predicted molar refractivity (Wildman–Crippen MR) is 158 cm³/mol. The van der Waals surface area contributed by atoms with Crippen LogP contribution in [-0.4, -0.2) is 46.5 Å². The maximum Gasteiger partial charge on any atom is 0.303 e. The number of rotatable bonds is 14. The van der Waals surface area contributed by atoms with Crippen molar-refractivity contribution in [2.24, 2.45) is 16.5 Å². The summed E-state index contributed by atoms with van der Waals surface area (Å²) in [6.45, 7) is 4.58. The number of unbranched alkanes of at least 4 members (excludes halogenated alkanes) is 1. The van der Waals surface area contributed by atoms with Gasteiger partial charge >= 0.3 is 5.97 Å². The Hall–Kier alpha value is -4.60. The summed E-state index contributed by atoms with van der Waals surface area (Å²) in [7, 11) is 0. The van der Waals surface area contributed by atoms with E-state index in [-0.39, 0.29) is 49.6 Å². The standard InChI is InChI=1S/C30H38N6O4/c1-20(2)36-27(22-14-7-4-8-15-22)25(21-12-5-3-6-13-21)26(28(36)29(40)33-19-11-17-24(38)39)35-23(37)16-9-10-18-34-30(31)32/h3-8,12-15,20H,9-11,16-19H2,1-2H3,(H,33,40)(H,35,37)(H,38,39)(H4,31,32,34). The highest BCUT2D eigenvalue weighted by atomic mass is 16.4. The number of carboxylic acid groups (broad SMARTS) is 1. The molecule has 0 aliphatic rings. The van der Waals surface area contributed by atoms with Crippen molar-refractivity contribution in [1.82, 2.24) is 9.88 Å². The molecule has 3 rings (SSSR count). The number of nitrogens with two attached hydrogens (primary N) is 2. The van der Waals surface area contributed by atoms with E-state index in [1.54, 1.807) is 0 Å². The van der Waals surface area contributed by atoms with Crippen molar-refractivity contribution in [2.75, 3.05) is 18.4 Å². The van der Waals surface area contributed by atoms with Crippen molar-refractivity contribution in [3.8, 4) is 22.4 Å². The number of guanidine groups is 1. The van der Waals surface area contributed by atoms with Gasteiger partial charge < -0.3 is 31.8 Å². The molecule has 2 amide bonds. The highest BCUT2D eigenvalue weighted by molar-refractivity contribution is 6.11. The Morgan fingerprint density at radius 3 is 2.10 bits per heavy atom. The van der Waals surface area contributed by atoms with E-state index in [2.05, 4.69) is 15.6 Å². The van der Waals surface area contributed by atoms with Crippen LogP contribution < -0.4 is 22.1 Å². The lowest BCUT2D eigenvalue weighted by Gasteiger charge is -2.18. The molecule has 10 nitrogen and oxygen atoms in total. The molecule has 40 heavy (non-hydrogen) atoms. The fraction of sp³-hybridized carbons (Fsp3) is 0.333. The third-order valence-corrected chi connectivity index (χ3v) is 6.27. The quantitative estimate of drug-likeness (QED) is 0.114. The van der Waals surface area contributed by atoms with Gasteiger partial charge in [-0.15, -0.1) is 0 Å². The second kappa shape index (κ2) is 14.5. The van der Waals surface area contributed by atoms with Crippen molar-refractivity contribution in [1.29, 1.82) is 0 Å². The number of nitrogens with zero attached hydrogens (tertiary/aromatic N) is 2. The molecule has 0 aliphatic carbocycles. The molecule has 0 aliphatic heterocycles. The molecule has 0 unspecified atom stereocenters. The number of carboxylic acids is 1. The maximum atomic E-state index is 13.7. The topological polar surface area (TPSA) is 165 Å². The van der Waals surface area contributed by atoms with E-state index in [0.717, 1.165) is 22.4 Å². The first-order chi connectivity index (χ1) is 19.2. The summed E-state index contributed by atoms with van der Waals surface area (Å²) in [6, 6.07) is 19.3. The third-order valence-electron chi connectivity index (χ3n) is 6.27. The molecule has 7 N–H and O–H groups in total. The van der Waals surface area contributed by atoms with Gasteiger partial charge in [-0.05, 0) is 44.2 Å². The van der Waals surface area contributed by atoms with Crippen LogP contribution in [0.2, 0.25) is 0 Å². The van der Waals surface area contributed by atoms with Gasteiger partial charge in [-0.2, -0.15) is 0 Å². The Balaban J connectivity index is 2.12. The van der Waals surface area contributed by atoms with Gasteiger partial charge in [0.25, 0.3) is 5.91 Å². The fourth-order valence-electron chi connectivity index (χ4n) is 4.55. The lowest BCUT2D eigenvalue weighted by atomic mass is 9.99. The normalized spacial score (nSPS) is 10.8. The number of aliphatic carboxylic acids is 1. The van der Waals surface area contributed by atoms with Crippen molar-refractivity contribution in [2.45, 2.75) is 52.0 Å². The zero-order valence-corrected chi connectivity index (χ0v) is 23.0. The van der Waals surface area contributed by atoms with E-state index in [4.69, 9.17) is 16.6 Å². The minimum atomic E-state index is -0.926. The Labute approximate surface area is 234 Å². The van der Waals surface area contributed by atoms with Crippen molar-refractivity contribution in [3.63, 3.8) is 0 Å². The first-order valence-electron chi connectivity index (χ1n) is 13.4. The number of hydrogen-bond acceptors (Lipinski definition) is 4. The van der Waals surface area contributed by atoms with Gasteiger partial charge in [0.05, 0.1) is 11.4 Å². The molecule has 2 aromatic carbocycles. The molecule has 0 radical (unpaired) electrons. The molecule has 0 fully saturated rings. The highest BCUT2D eigenvalue weighted by Gasteiger charge is 2.30. The minimum absolute atomic E-state index is 0.0134. The Kier molecular flexibility index (Phi) is 10.9. The number of benzene rings is 2. The van der Waals surface area contributed by atoms with Gasteiger partial charge in [0.2, 0.25) is 5.91 Å². The zero-order chi connectivity index (χ0) is 29.1. The molecule has 0 bridgehead atoms. The first kappa shape index (κ1) is 29.9. The number of hydrogen-bond donors (Lipinski definition) is 5. The van der Waals surface area contributed by atoms with E-state index < -0.39 is 5.97 Å². The largest absolute Gasteiger partial charge is 0.481 e. The van der Waals surface area contributed by atoms with Gasteiger partial charge in [0.1, 0.15) is 5.69 Å². The molecular weight excluding hydrogens is 508 g/mol. The highest BCUT2D eigenvalue weighted by Crippen LogP contribution is 2.44. The predicted octanol–water partition coefficient (Wildman–Crippen LogP) is 4.38. The second-order valence-electron chi connectivity index (χ2n) is 9.71. The summed E-state index contributed by atoms with van der Waals surface area (Å²) in [6.07, 6.45) is 1.66. The van der Waals surface area contributed by atoms with Crippen LogP contribution in [0.3, 0.4) is 0 Å². The zero-order valence-electron chi connectivity index (χ0n) is 23.0. The van der Waals surface area contributed by atoms with E-state index in [9.17, 15) is 14.4 Å². The molecular formula is C30H38N6O4. The van der Waals surface area contributed by atoms with Crippen LogP contribution in [0.25, 0.3) is 22.4 Å². The van der Waals surface area contributed by atoms with Gasteiger partial charge in [-0.1, -0.05) is 60.7 Å². The molecule has 1 aromatic heterocycles. The van der Waals surface area contributed by atoms with Crippen LogP contribution in [-0.2, 0) is 9.59 Å². The van der Waals surface area contributed by atoms with Gasteiger partial charge in [0.15, 0.2) is 5.96 Å². The number of nitrogens with one attached hydrogen (secondary N) is 2. The van der Waals surface area contributed by atoms with Crippen LogP contribution >= 0.6 is 0 Å². The molecule has 0 atom stereocenters. The minimum Gasteiger partial charge on any atom is -0.481 e. The summed E-state index contributed by atoms with van der Waals surface area (Å²) in [5.74, 6) is -1.53. The van der Waals surface area contributed by atoms with Crippen LogP contribution in [0.5, 0.6) is 0 Å². The summed E-state index contributed by atoms with van der Waals surface area (Å²) in [5.41, 5.74) is 14.8. The number of aromatic nitrogens is 1. The lowest BCUT2D eigenvalue weighted by Crippen LogP contribution is -2.29. The van der Waals surface area contributed by atoms with Crippen LogP contribution in [0.4, 0.5) is 5.69 Å². The van der Waals surface area contributed by atoms with E-state index in [1.165, 1.54) is 0 Å². The van der Waals surface area contributed by atoms with Gasteiger partial charge in [-0.3, -0.25) is 19.4 Å². The number of amides is 2. The van der Waals surface area contributed by atoms with Crippen molar-refractivity contribution < 1.29 is 19.5 Å². The maximum absolute atomic E-state index is 13.7. The molecule has 0 spiro atoms. The van der Waals surface area contributed by atoms with E-state index >= 15 is 0 Å². The Morgan fingerprint density at radius 1 is 0.900 bits per heavy atom. The average molecular weight is 547 g/mol. The lowest BCUT2D eigenvalue weighted by molar-refractivity contribution is -0.137. The van der Waals surface area contributed by atoms with Crippen LogP contribution in [0.15, 0.2) is 65.7 Å². The molecule has 1 heterocycles. The Morgan fingerprint density at radius 2 is 1.52 bits per heavy atom. The summed E-state index contributed by atoms with van der Waals surface area (Å²) < 4.78 is 1.94. The Bertz CT molecular complexity index is 1330. The van der Waals surface area contributed by atoms with Crippen molar-refractivity contribution >= 4 is 29.4 Å². The van der Waals surface area contributed by atoms with Gasteiger partial charge in [-0.25, -0.2) is 0 Å². The summed E-state index contributed by atoms with van der Waals surface area (Å²) in [5, 5.41) is 14.9. The molecule has 10 heteroatoms. The summed E-state index contributed by atoms with van der Waals surface area (Å²) >= 11 is 0. The van der Waals surface area contributed by atoms with Gasteiger partial charge in [0, 0.05) is 37.5 Å². The second-order valence-corrected chi connectivity index (χ2v) is 9.71. The smallest absolute Gasteiger partial charge is 0.303 e. The third kappa shape index (κ3) is 7.95. The fourth-order valence-corrected chi connectivity index (χ4v) is 4.55. The van der Waals surface area contributed by atoms with Crippen molar-refractivity contribution in [3.05, 3.63) is 66.4 Å².